The Bertz CT molecular complexity index is 236. The van der Waals surface area contributed by atoms with Gasteiger partial charge in [0.1, 0.15) is 0 Å². The average Bonchev–Trinajstić information content (AvgIpc) is 2.27. The highest BCUT2D eigenvalue weighted by atomic mass is 32.1. The Balaban J connectivity index is 2.21. The summed E-state index contributed by atoms with van der Waals surface area (Å²) in [5, 5.41) is 0.427. The third-order valence-electron chi connectivity index (χ3n) is 3.57. The van der Waals surface area contributed by atoms with Crippen LogP contribution in [0.2, 0.25) is 0 Å². The third kappa shape index (κ3) is 8.18. The SMILES string of the molecule is CC(C)CCCN1CCO[C@@H](CN(C)CC(C)S)C1. The zero-order chi connectivity index (χ0) is 14.3. The van der Waals surface area contributed by atoms with E-state index in [2.05, 4.69) is 50.2 Å². The lowest BCUT2D eigenvalue weighted by atomic mass is 10.1. The molecule has 0 N–H and O–H groups in total. The minimum atomic E-state index is 0.366. The minimum absolute atomic E-state index is 0.366. The van der Waals surface area contributed by atoms with Crippen LogP contribution in [0.3, 0.4) is 0 Å². The van der Waals surface area contributed by atoms with Crippen LogP contribution in [0, 0.1) is 5.92 Å². The van der Waals surface area contributed by atoms with Crippen LogP contribution in [-0.4, -0.2) is 67.5 Å². The van der Waals surface area contributed by atoms with Crippen LogP contribution in [0.5, 0.6) is 0 Å². The van der Waals surface area contributed by atoms with Crippen molar-refractivity contribution in [3.63, 3.8) is 0 Å². The summed E-state index contributed by atoms with van der Waals surface area (Å²) in [6.45, 7) is 13.1. The molecule has 0 amide bonds. The van der Waals surface area contributed by atoms with Crippen LogP contribution in [0.15, 0.2) is 0 Å². The van der Waals surface area contributed by atoms with Crippen molar-refractivity contribution >= 4 is 12.6 Å². The molecular formula is C15H32N2OS. The highest BCUT2D eigenvalue weighted by Gasteiger charge is 2.21. The zero-order valence-corrected chi connectivity index (χ0v) is 14.0. The van der Waals surface area contributed by atoms with Gasteiger partial charge in [-0.05, 0) is 32.4 Å². The fourth-order valence-electron chi connectivity index (χ4n) is 2.69. The third-order valence-corrected chi connectivity index (χ3v) is 3.73. The van der Waals surface area contributed by atoms with Crippen LogP contribution >= 0.6 is 12.6 Å². The fraction of sp³-hybridized carbons (Fsp3) is 1.00. The van der Waals surface area contributed by atoms with E-state index in [4.69, 9.17) is 4.74 Å². The second kappa shape index (κ2) is 9.22. The monoisotopic (exact) mass is 288 g/mol. The van der Waals surface area contributed by atoms with Gasteiger partial charge in [-0.3, -0.25) is 4.90 Å². The van der Waals surface area contributed by atoms with Crippen molar-refractivity contribution in [3.05, 3.63) is 0 Å². The van der Waals surface area contributed by atoms with E-state index < -0.39 is 0 Å². The fourth-order valence-corrected chi connectivity index (χ4v) is 2.97. The van der Waals surface area contributed by atoms with Crippen molar-refractivity contribution in [2.24, 2.45) is 5.92 Å². The van der Waals surface area contributed by atoms with Crippen molar-refractivity contribution < 1.29 is 4.74 Å². The van der Waals surface area contributed by atoms with Gasteiger partial charge in [0.05, 0.1) is 12.7 Å². The predicted molar refractivity (Wildman–Crippen MR) is 86.2 cm³/mol. The zero-order valence-electron chi connectivity index (χ0n) is 13.1. The minimum Gasteiger partial charge on any atom is -0.374 e. The topological polar surface area (TPSA) is 15.7 Å². The number of rotatable bonds is 8. The van der Waals surface area contributed by atoms with Crippen molar-refractivity contribution in [3.8, 4) is 0 Å². The molecule has 0 saturated carbocycles. The van der Waals surface area contributed by atoms with E-state index in [1.54, 1.807) is 0 Å². The van der Waals surface area contributed by atoms with Crippen LogP contribution in [-0.2, 0) is 4.74 Å². The summed E-state index contributed by atoms with van der Waals surface area (Å²) in [6, 6.07) is 0. The molecule has 1 aliphatic rings. The number of hydrogen-bond donors (Lipinski definition) is 1. The van der Waals surface area contributed by atoms with E-state index in [1.807, 2.05) is 0 Å². The summed E-state index contributed by atoms with van der Waals surface area (Å²) in [6.07, 6.45) is 3.01. The first-order chi connectivity index (χ1) is 8.97. The van der Waals surface area contributed by atoms with Gasteiger partial charge in [0.15, 0.2) is 0 Å². The van der Waals surface area contributed by atoms with Gasteiger partial charge in [-0.25, -0.2) is 0 Å². The molecule has 0 aliphatic carbocycles. The molecule has 1 unspecified atom stereocenters. The second-order valence-corrected chi connectivity index (χ2v) is 7.28. The molecule has 0 bridgehead atoms. The van der Waals surface area contributed by atoms with Gasteiger partial charge in [0.2, 0.25) is 0 Å². The number of thiol groups is 1. The summed E-state index contributed by atoms with van der Waals surface area (Å²) in [5.74, 6) is 0.819. The lowest BCUT2D eigenvalue weighted by molar-refractivity contribution is -0.0407. The van der Waals surface area contributed by atoms with Crippen molar-refractivity contribution in [2.75, 3.05) is 46.4 Å². The molecule has 4 heteroatoms. The average molecular weight is 289 g/mol. The van der Waals surface area contributed by atoms with Gasteiger partial charge in [-0.15, -0.1) is 0 Å². The summed E-state index contributed by atoms with van der Waals surface area (Å²) < 4.78 is 5.88. The van der Waals surface area contributed by atoms with E-state index >= 15 is 0 Å². The van der Waals surface area contributed by atoms with E-state index in [0.717, 1.165) is 38.7 Å². The maximum Gasteiger partial charge on any atom is 0.0829 e. The Labute approximate surface area is 125 Å². The Hall–Kier alpha value is 0.230. The predicted octanol–water partition coefficient (Wildman–Crippen LogP) is 2.37. The normalized spacial score (nSPS) is 23.2. The van der Waals surface area contributed by atoms with Crippen molar-refractivity contribution in [2.45, 2.75) is 45.0 Å². The molecule has 1 heterocycles. The molecule has 1 fully saturated rings. The molecule has 1 saturated heterocycles. The van der Waals surface area contributed by atoms with Crippen LogP contribution < -0.4 is 0 Å². The number of morpholine rings is 1. The highest BCUT2D eigenvalue weighted by Crippen LogP contribution is 2.10. The first-order valence-corrected chi connectivity index (χ1v) is 8.19. The number of hydrogen-bond acceptors (Lipinski definition) is 4. The summed E-state index contributed by atoms with van der Waals surface area (Å²) in [7, 11) is 2.16. The molecule has 0 aromatic rings. The first-order valence-electron chi connectivity index (χ1n) is 7.68. The highest BCUT2D eigenvalue weighted by molar-refractivity contribution is 7.80. The van der Waals surface area contributed by atoms with Gasteiger partial charge in [-0.2, -0.15) is 12.6 Å². The molecule has 114 valence electrons. The molecule has 0 aromatic carbocycles. The molecule has 2 atom stereocenters. The van der Waals surface area contributed by atoms with Crippen LogP contribution in [0.4, 0.5) is 0 Å². The summed E-state index contributed by atoms with van der Waals surface area (Å²) in [5.41, 5.74) is 0. The molecule has 1 aliphatic heterocycles. The smallest absolute Gasteiger partial charge is 0.0829 e. The first kappa shape index (κ1) is 17.3. The standard InChI is InChI=1S/C15H32N2OS/c1-13(2)6-5-7-17-8-9-18-15(12-17)11-16(4)10-14(3)19/h13-15,19H,5-12H2,1-4H3/t14?,15-/m0/s1. The summed E-state index contributed by atoms with van der Waals surface area (Å²) >= 11 is 4.45. The van der Waals surface area contributed by atoms with Crippen LogP contribution in [0.25, 0.3) is 0 Å². The number of likely N-dealkylation sites (N-methyl/N-ethyl adjacent to an activating group) is 1. The second-order valence-electron chi connectivity index (χ2n) is 6.40. The van der Waals surface area contributed by atoms with Crippen molar-refractivity contribution in [1.82, 2.24) is 9.80 Å². The van der Waals surface area contributed by atoms with Crippen molar-refractivity contribution in [1.29, 1.82) is 0 Å². The Morgan fingerprint density at radius 2 is 2.11 bits per heavy atom. The van der Waals surface area contributed by atoms with Gasteiger partial charge in [0, 0.05) is 31.4 Å². The largest absolute Gasteiger partial charge is 0.374 e. The maximum atomic E-state index is 5.88. The molecular weight excluding hydrogens is 256 g/mol. The number of ether oxygens (including phenoxy) is 1. The van der Waals surface area contributed by atoms with Gasteiger partial charge in [-0.1, -0.05) is 20.8 Å². The van der Waals surface area contributed by atoms with E-state index in [0.29, 0.717) is 11.4 Å². The van der Waals surface area contributed by atoms with E-state index in [9.17, 15) is 0 Å². The van der Waals surface area contributed by atoms with Gasteiger partial charge in [0.25, 0.3) is 0 Å². The molecule has 19 heavy (non-hydrogen) atoms. The van der Waals surface area contributed by atoms with Crippen LogP contribution in [0.1, 0.15) is 33.6 Å². The molecule has 0 spiro atoms. The molecule has 3 nitrogen and oxygen atoms in total. The maximum absolute atomic E-state index is 5.88. The molecule has 1 rings (SSSR count). The lowest BCUT2D eigenvalue weighted by Crippen LogP contribution is -2.47. The van der Waals surface area contributed by atoms with E-state index in [-0.39, 0.29) is 0 Å². The van der Waals surface area contributed by atoms with E-state index in [1.165, 1.54) is 19.4 Å². The lowest BCUT2D eigenvalue weighted by Gasteiger charge is -2.35. The Morgan fingerprint density at radius 3 is 2.74 bits per heavy atom. The Kier molecular flexibility index (Phi) is 8.38. The Morgan fingerprint density at radius 1 is 1.37 bits per heavy atom. The van der Waals surface area contributed by atoms with Gasteiger partial charge >= 0.3 is 0 Å². The number of nitrogens with zero attached hydrogens (tertiary/aromatic N) is 2. The quantitative estimate of drug-likeness (QED) is 0.691. The summed E-state index contributed by atoms with van der Waals surface area (Å²) in [4.78, 5) is 4.90. The van der Waals surface area contributed by atoms with Gasteiger partial charge < -0.3 is 9.64 Å². The molecule has 0 radical (unpaired) electrons. The molecule has 0 aromatic heterocycles.